The number of hydrogen-bond acceptors (Lipinski definition) is 4. The topological polar surface area (TPSA) is 76.4 Å². The zero-order valence-electron chi connectivity index (χ0n) is 17.7. The molecule has 0 aliphatic rings. The second-order valence-electron chi connectivity index (χ2n) is 7.01. The number of aromatic nitrogens is 3. The van der Waals surface area contributed by atoms with Crippen LogP contribution in [0.25, 0.3) is 0 Å². The summed E-state index contributed by atoms with van der Waals surface area (Å²) in [5.74, 6) is 3.22. The minimum absolute atomic E-state index is 0.0469. The van der Waals surface area contributed by atoms with Crippen LogP contribution < -0.4 is 15.4 Å². The summed E-state index contributed by atoms with van der Waals surface area (Å²) in [5, 5.41) is 15.9. The first kappa shape index (κ1) is 21.6. The van der Waals surface area contributed by atoms with E-state index >= 15 is 0 Å². The number of nitrogens with zero attached hydrogens (tertiary/aromatic N) is 4. The number of aliphatic imine (C=N–C) groups is 1. The number of aryl methyl sites for hydroxylation is 1. The van der Waals surface area contributed by atoms with Gasteiger partial charge in [0.2, 0.25) is 0 Å². The van der Waals surface area contributed by atoms with Gasteiger partial charge in [-0.1, -0.05) is 35.9 Å². The normalized spacial score (nSPS) is 12.5. The van der Waals surface area contributed by atoms with Crippen molar-refractivity contribution in [2.24, 2.45) is 12.0 Å². The minimum Gasteiger partial charge on any atom is -0.497 e. The molecule has 0 spiro atoms. The largest absolute Gasteiger partial charge is 0.497 e. The second kappa shape index (κ2) is 10.1. The first-order valence-corrected chi connectivity index (χ1v) is 10.1. The minimum atomic E-state index is 0.0469. The third-order valence-electron chi connectivity index (χ3n) is 4.90. The third-order valence-corrected chi connectivity index (χ3v) is 5.15. The summed E-state index contributed by atoms with van der Waals surface area (Å²) in [7, 11) is 3.61. The Hall–Kier alpha value is -3.06. The molecule has 1 atom stereocenters. The summed E-state index contributed by atoms with van der Waals surface area (Å²) in [6, 6.07) is 15.7. The van der Waals surface area contributed by atoms with Gasteiger partial charge in [-0.2, -0.15) is 0 Å². The molecule has 3 rings (SSSR count). The van der Waals surface area contributed by atoms with Crippen LogP contribution in [0, 0.1) is 6.92 Å². The van der Waals surface area contributed by atoms with Gasteiger partial charge in [0.25, 0.3) is 0 Å². The molecule has 158 valence electrons. The molecular formula is C22H27ClN6O. The van der Waals surface area contributed by atoms with Gasteiger partial charge in [-0.05, 0) is 49.2 Å². The lowest BCUT2D eigenvalue weighted by molar-refractivity contribution is 0.414. The Morgan fingerprint density at radius 1 is 1.13 bits per heavy atom. The highest BCUT2D eigenvalue weighted by molar-refractivity contribution is 6.30. The first-order chi connectivity index (χ1) is 14.5. The van der Waals surface area contributed by atoms with Crippen molar-refractivity contribution in [2.45, 2.75) is 33.0 Å². The Morgan fingerprint density at radius 3 is 2.43 bits per heavy atom. The van der Waals surface area contributed by atoms with Crippen molar-refractivity contribution in [3.05, 3.63) is 76.3 Å². The zero-order valence-corrected chi connectivity index (χ0v) is 18.4. The molecule has 1 aromatic heterocycles. The number of hydrogen-bond donors (Lipinski definition) is 2. The van der Waals surface area contributed by atoms with E-state index in [1.807, 2.05) is 67.1 Å². The molecule has 1 unspecified atom stereocenters. The quantitative estimate of drug-likeness (QED) is 0.444. The molecule has 7 nitrogen and oxygen atoms in total. The summed E-state index contributed by atoms with van der Waals surface area (Å²) in [4.78, 5) is 4.75. The van der Waals surface area contributed by atoms with Crippen molar-refractivity contribution < 1.29 is 4.74 Å². The second-order valence-corrected chi connectivity index (χ2v) is 7.44. The Morgan fingerprint density at radius 2 is 1.83 bits per heavy atom. The Balaban J connectivity index is 1.73. The van der Waals surface area contributed by atoms with Crippen molar-refractivity contribution in [2.75, 3.05) is 7.11 Å². The lowest BCUT2D eigenvalue weighted by Crippen LogP contribution is -2.39. The van der Waals surface area contributed by atoms with Gasteiger partial charge in [-0.25, -0.2) is 4.99 Å². The van der Waals surface area contributed by atoms with Crippen LogP contribution in [0.15, 0.2) is 53.5 Å². The number of methoxy groups -OCH3 is 1. The van der Waals surface area contributed by atoms with E-state index in [1.54, 1.807) is 7.11 Å². The number of ether oxygens (including phenoxy) is 1. The van der Waals surface area contributed by atoms with Gasteiger partial charge in [0.15, 0.2) is 11.8 Å². The fourth-order valence-corrected chi connectivity index (χ4v) is 2.99. The fourth-order valence-electron chi connectivity index (χ4n) is 2.86. The van der Waals surface area contributed by atoms with E-state index in [9.17, 15) is 0 Å². The molecule has 3 aromatic rings. The summed E-state index contributed by atoms with van der Waals surface area (Å²) in [6.07, 6.45) is 0. The van der Waals surface area contributed by atoms with Crippen LogP contribution >= 0.6 is 11.6 Å². The Kier molecular flexibility index (Phi) is 7.30. The molecule has 1 heterocycles. The van der Waals surface area contributed by atoms with Gasteiger partial charge >= 0.3 is 0 Å². The van der Waals surface area contributed by atoms with E-state index in [0.29, 0.717) is 19.0 Å². The van der Waals surface area contributed by atoms with Crippen LogP contribution in [-0.4, -0.2) is 27.8 Å². The van der Waals surface area contributed by atoms with Gasteiger partial charge in [0, 0.05) is 12.1 Å². The van der Waals surface area contributed by atoms with E-state index in [-0.39, 0.29) is 6.04 Å². The Bertz CT molecular complexity index is 982. The van der Waals surface area contributed by atoms with Crippen LogP contribution in [-0.2, 0) is 20.1 Å². The molecule has 8 heteroatoms. The van der Waals surface area contributed by atoms with Crippen molar-refractivity contribution in [3.63, 3.8) is 0 Å². The highest BCUT2D eigenvalue weighted by atomic mass is 35.5. The van der Waals surface area contributed by atoms with Crippen molar-refractivity contribution >= 4 is 17.6 Å². The monoisotopic (exact) mass is 426 g/mol. The maximum Gasteiger partial charge on any atom is 0.192 e. The molecule has 2 aromatic carbocycles. The molecule has 0 aliphatic heterocycles. The summed E-state index contributed by atoms with van der Waals surface area (Å²) < 4.78 is 7.18. The van der Waals surface area contributed by atoms with Gasteiger partial charge in [-0.3, -0.25) is 0 Å². The van der Waals surface area contributed by atoms with E-state index < -0.39 is 0 Å². The van der Waals surface area contributed by atoms with Crippen molar-refractivity contribution in [1.29, 1.82) is 0 Å². The average molecular weight is 427 g/mol. The highest BCUT2D eigenvalue weighted by Gasteiger charge is 2.10. The fraction of sp³-hybridized carbons (Fsp3) is 0.318. The van der Waals surface area contributed by atoms with Crippen LogP contribution in [0.2, 0.25) is 5.02 Å². The summed E-state index contributed by atoms with van der Waals surface area (Å²) >= 11 is 6.01. The van der Waals surface area contributed by atoms with Crippen LogP contribution in [0.5, 0.6) is 5.75 Å². The maximum absolute atomic E-state index is 6.01. The molecule has 0 bridgehead atoms. The lowest BCUT2D eigenvalue weighted by Gasteiger charge is -2.19. The van der Waals surface area contributed by atoms with Crippen LogP contribution in [0.3, 0.4) is 0 Å². The average Bonchev–Trinajstić information content (AvgIpc) is 3.08. The van der Waals surface area contributed by atoms with E-state index in [2.05, 4.69) is 27.8 Å². The van der Waals surface area contributed by atoms with Gasteiger partial charge in [0.05, 0.1) is 26.2 Å². The van der Waals surface area contributed by atoms with Crippen LogP contribution in [0.4, 0.5) is 0 Å². The summed E-state index contributed by atoms with van der Waals surface area (Å²) in [6.45, 7) is 5.06. The first-order valence-electron chi connectivity index (χ1n) is 9.74. The predicted octanol–water partition coefficient (Wildman–Crippen LogP) is 3.78. The van der Waals surface area contributed by atoms with Crippen LogP contribution in [0.1, 0.15) is 35.7 Å². The molecule has 0 radical (unpaired) electrons. The number of benzene rings is 2. The molecule has 0 saturated carbocycles. The smallest absolute Gasteiger partial charge is 0.192 e. The highest BCUT2D eigenvalue weighted by Crippen LogP contribution is 2.16. The molecular weight excluding hydrogens is 400 g/mol. The van der Waals surface area contributed by atoms with Gasteiger partial charge in [-0.15, -0.1) is 10.2 Å². The standard InChI is InChI=1S/C22H27ClN6O/c1-15(18-7-9-19(23)10-8-18)26-22(25-14-21-28-27-16(2)29(21)3)24-13-17-5-11-20(30-4)12-6-17/h5-12,15H,13-14H2,1-4H3,(H2,24,25,26). The van der Waals surface area contributed by atoms with Gasteiger partial charge in [0.1, 0.15) is 11.6 Å². The maximum atomic E-state index is 6.01. The number of nitrogens with one attached hydrogen (secondary N) is 2. The number of guanidine groups is 1. The molecule has 30 heavy (non-hydrogen) atoms. The Labute approximate surface area is 182 Å². The number of halogens is 1. The van der Waals surface area contributed by atoms with Crippen molar-refractivity contribution in [3.8, 4) is 5.75 Å². The molecule has 0 fully saturated rings. The molecule has 2 N–H and O–H groups in total. The SMILES string of the molecule is COc1ccc(CN=C(NCc2nnc(C)n2C)NC(C)c2ccc(Cl)cc2)cc1. The number of rotatable bonds is 7. The van der Waals surface area contributed by atoms with E-state index in [0.717, 1.165) is 33.5 Å². The predicted molar refractivity (Wildman–Crippen MR) is 120 cm³/mol. The molecule has 0 aliphatic carbocycles. The van der Waals surface area contributed by atoms with Gasteiger partial charge < -0.3 is 19.9 Å². The zero-order chi connectivity index (χ0) is 21.5. The van der Waals surface area contributed by atoms with Crippen molar-refractivity contribution in [1.82, 2.24) is 25.4 Å². The third kappa shape index (κ3) is 5.73. The molecule has 0 amide bonds. The molecule has 0 saturated heterocycles. The lowest BCUT2D eigenvalue weighted by atomic mass is 10.1. The summed E-state index contributed by atoms with van der Waals surface area (Å²) in [5.41, 5.74) is 2.21. The van der Waals surface area contributed by atoms with E-state index in [1.165, 1.54) is 0 Å². The van der Waals surface area contributed by atoms with E-state index in [4.69, 9.17) is 21.3 Å².